The maximum atomic E-state index is 5.39. The number of rotatable bonds is 4. The van der Waals surface area contributed by atoms with Crippen molar-refractivity contribution in [3.05, 3.63) is 29.8 Å². The average molecular weight is 164 g/mol. The van der Waals surface area contributed by atoms with Gasteiger partial charge in [-0.25, -0.2) is 0 Å². The molecule has 1 aromatic carbocycles. The molecule has 0 saturated heterocycles. The van der Waals surface area contributed by atoms with Gasteiger partial charge in [0.1, 0.15) is 5.75 Å². The van der Waals surface area contributed by atoms with E-state index in [1.54, 1.807) is 0 Å². The van der Waals surface area contributed by atoms with Gasteiger partial charge in [-0.05, 0) is 31.0 Å². The van der Waals surface area contributed by atoms with Crippen molar-refractivity contribution in [3.8, 4) is 5.75 Å². The Morgan fingerprint density at radius 3 is 2.75 bits per heavy atom. The van der Waals surface area contributed by atoms with Crippen LogP contribution in [0.3, 0.4) is 0 Å². The lowest BCUT2D eigenvalue weighted by molar-refractivity contribution is 0.340. The topological polar surface area (TPSA) is 9.23 Å². The summed E-state index contributed by atoms with van der Waals surface area (Å²) in [4.78, 5) is 0. The van der Waals surface area contributed by atoms with Gasteiger partial charge >= 0.3 is 0 Å². The molecule has 0 N–H and O–H groups in total. The van der Waals surface area contributed by atoms with Gasteiger partial charge in [-0.3, -0.25) is 0 Å². The van der Waals surface area contributed by atoms with Crippen LogP contribution in [0.1, 0.15) is 25.8 Å². The lowest BCUT2D eigenvalue weighted by Crippen LogP contribution is -1.92. The molecule has 0 saturated carbocycles. The van der Waals surface area contributed by atoms with Gasteiger partial charge in [0.2, 0.25) is 0 Å². The Morgan fingerprint density at radius 2 is 2.08 bits per heavy atom. The predicted molar refractivity (Wildman–Crippen MR) is 51.6 cm³/mol. The molecule has 1 aromatic rings. The van der Waals surface area contributed by atoms with Crippen LogP contribution in [0, 0.1) is 0 Å². The van der Waals surface area contributed by atoms with Crippen LogP contribution >= 0.6 is 0 Å². The van der Waals surface area contributed by atoms with Gasteiger partial charge in [-0.2, -0.15) is 0 Å². The molecule has 1 rings (SSSR count). The largest absolute Gasteiger partial charge is 0.494 e. The molecule has 0 atom stereocenters. The van der Waals surface area contributed by atoms with E-state index >= 15 is 0 Å². The van der Waals surface area contributed by atoms with Crippen molar-refractivity contribution in [2.45, 2.75) is 26.7 Å². The van der Waals surface area contributed by atoms with Crippen LogP contribution in [-0.2, 0) is 6.42 Å². The molecular weight excluding hydrogens is 148 g/mol. The van der Waals surface area contributed by atoms with E-state index in [2.05, 4.69) is 25.1 Å². The highest BCUT2D eigenvalue weighted by atomic mass is 16.5. The van der Waals surface area contributed by atoms with Crippen LogP contribution in [0.25, 0.3) is 0 Å². The quantitative estimate of drug-likeness (QED) is 0.664. The Hall–Kier alpha value is -0.980. The molecule has 0 aromatic heterocycles. The molecule has 12 heavy (non-hydrogen) atoms. The van der Waals surface area contributed by atoms with E-state index in [-0.39, 0.29) is 0 Å². The Balaban J connectivity index is 2.67. The molecule has 0 heterocycles. The first-order chi connectivity index (χ1) is 5.86. The van der Waals surface area contributed by atoms with Gasteiger partial charge in [0.05, 0.1) is 6.61 Å². The lowest BCUT2D eigenvalue weighted by Gasteiger charge is -2.04. The summed E-state index contributed by atoms with van der Waals surface area (Å²) in [7, 11) is 0. The Labute approximate surface area is 74.4 Å². The highest BCUT2D eigenvalue weighted by Gasteiger charge is 1.94. The minimum Gasteiger partial charge on any atom is -0.494 e. The third-order valence-corrected chi connectivity index (χ3v) is 1.75. The van der Waals surface area contributed by atoms with Crippen molar-refractivity contribution >= 4 is 0 Å². The fourth-order valence-corrected chi connectivity index (χ4v) is 1.25. The van der Waals surface area contributed by atoms with Gasteiger partial charge in [0, 0.05) is 0 Å². The fraction of sp³-hybridized carbons (Fsp3) is 0.455. The summed E-state index contributed by atoms with van der Waals surface area (Å²) in [6, 6.07) is 8.32. The lowest BCUT2D eigenvalue weighted by atomic mass is 10.1. The van der Waals surface area contributed by atoms with E-state index in [9.17, 15) is 0 Å². The monoisotopic (exact) mass is 164 g/mol. The Kier molecular flexibility index (Phi) is 3.65. The Morgan fingerprint density at radius 1 is 1.25 bits per heavy atom. The molecule has 0 radical (unpaired) electrons. The zero-order chi connectivity index (χ0) is 8.81. The number of benzene rings is 1. The zero-order valence-electron chi connectivity index (χ0n) is 7.84. The normalized spacial score (nSPS) is 9.83. The SMILES string of the molecule is CCCc1cccc(OCC)c1. The molecule has 0 aliphatic heterocycles. The maximum Gasteiger partial charge on any atom is 0.119 e. The second-order valence-electron chi connectivity index (χ2n) is 2.83. The van der Waals surface area contributed by atoms with Crippen molar-refractivity contribution < 1.29 is 4.74 Å². The van der Waals surface area contributed by atoms with Crippen molar-refractivity contribution in [2.24, 2.45) is 0 Å². The number of hydrogen-bond donors (Lipinski definition) is 0. The Bertz CT molecular complexity index is 209. The van der Waals surface area contributed by atoms with E-state index in [0.29, 0.717) is 0 Å². The standard InChI is InChI=1S/C11H16O/c1-3-6-10-7-5-8-11(9-10)12-4-2/h5,7-9H,3-4,6H2,1-2H3. The minimum absolute atomic E-state index is 0.746. The first-order valence-electron chi connectivity index (χ1n) is 4.58. The van der Waals surface area contributed by atoms with E-state index in [1.165, 1.54) is 12.0 Å². The molecular formula is C11H16O. The molecule has 0 amide bonds. The van der Waals surface area contributed by atoms with E-state index < -0.39 is 0 Å². The number of hydrogen-bond acceptors (Lipinski definition) is 1. The zero-order valence-corrected chi connectivity index (χ0v) is 7.84. The first kappa shape index (κ1) is 9.11. The molecule has 0 unspecified atom stereocenters. The van der Waals surface area contributed by atoms with Crippen LogP contribution < -0.4 is 4.74 Å². The van der Waals surface area contributed by atoms with Crippen LogP contribution in [-0.4, -0.2) is 6.61 Å². The summed E-state index contributed by atoms with van der Waals surface area (Å²) in [5.41, 5.74) is 1.36. The molecule has 0 spiro atoms. The molecule has 66 valence electrons. The summed E-state index contributed by atoms with van der Waals surface area (Å²) in [6.45, 7) is 4.94. The smallest absolute Gasteiger partial charge is 0.119 e. The summed E-state index contributed by atoms with van der Waals surface area (Å²) < 4.78 is 5.39. The van der Waals surface area contributed by atoms with Gasteiger partial charge < -0.3 is 4.74 Å². The van der Waals surface area contributed by atoms with Crippen molar-refractivity contribution in [1.29, 1.82) is 0 Å². The highest BCUT2D eigenvalue weighted by molar-refractivity contribution is 5.28. The predicted octanol–water partition coefficient (Wildman–Crippen LogP) is 3.04. The summed E-state index contributed by atoms with van der Waals surface area (Å²) in [6.07, 6.45) is 2.33. The highest BCUT2D eigenvalue weighted by Crippen LogP contribution is 2.14. The fourth-order valence-electron chi connectivity index (χ4n) is 1.25. The third-order valence-electron chi connectivity index (χ3n) is 1.75. The summed E-state index contributed by atoms with van der Waals surface area (Å²) in [5, 5.41) is 0. The van der Waals surface area contributed by atoms with Crippen LogP contribution in [0.2, 0.25) is 0 Å². The second-order valence-corrected chi connectivity index (χ2v) is 2.83. The molecule has 1 heteroatoms. The number of aryl methyl sites for hydroxylation is 1. The van der Waals surface area contributed by atoms with Crippen LogP contribution in [0.5, 0.6) is 5.75 Å². The van der Waals surface area contributed by atoms with E-state index in [4.69, 9.17) is 4.74 Å². The minimum atomic E-state index is 0.746. The van der Waals surface area contributed by atoms with Crippen LogP contribution in [0.15, 0.2) is 24.3 Å². The van der Waals surface area contributed by atoms with Crippen molar-refractivity contribution in [3.63, 3.8) is 0 Å². The van der Waals surface area contributed by atoms with Crippen molar-refractivity contribution in [2.75, 3.05) is 6.61 Å². The van der Waals surface area contributed by atoms with Gasteiger partial charge in [-0.15, -0.1) is 0 Å². The van der Waals surface area contributed by atoms with Gasteiger partial charge in [-0.1, -0.05) is 25.5 Å². The number of ether oxygens (including phenoxy) is 1. The van der Waals surface area contributed by atoms with E-state index in [1.807, 2.05) is 13.0 Å². The van der Waals surface area contributed by atoms with Gasteiger partial charge in [0.25, 0.3) is 0 Å². The van der Waals surface area contributed by atoms with Crippen molar-refractivity contribution in [1.82, 2.24) is 0 Å². The maximum absolute atomic E-state index is 5.39. The van der Waals surface area contributed by atoms with Gasteiger partial charge in [0.15, 0.2) is 0 Å². The summed E-state index contributed by atoms with van der Waals surface area (Å²) in [5.74, 6) is 0.989. The molecule has 1 nitrogen and oxygen atoms in total. The second kappa shape index (κ2) is 4.81. The molecule has 0 aliphatic rings. The summed E-state index contributed by atoms with van der Waals surface area (Å²) >= 11 is 0. The molecule has 0 bridgehead atoms. The third kappa shape index (κ3) is 2.57. The molecule has 0 aliphatic carbocycles. The van der Waals surface area contributed by atoms with E-state index in [0.717, 1.165) is 18.8 Å². The average Bonchev–Trinajstić information content (AvgIpc) is 2.06. The molecule has 0 fully saturated rings. The van der Waals surface area contributed by atoms with Crippen LogP contribution in [0.4, 0.5) is 0 Å². The first-order valence-corrected chi connectivity index (χ1v) is 4.58.